The fourth-order valence-corrected chi connectivity index (χ4v) is 0.498. The normalized spacial score (nSPS) is 5.92. The Kier molecular flexibility index (Phi) is 102. The van der Waals surface area contributed by atoms with Crippen LogP contribution >= 0.6 is 0 Å². The first kappa shape index (κ1) is 49.5. The minimum atomic E-state index is -0.833. The summed E-state index contributed by atoms with van der Waals surface area (Å²) in [4.78, 5) is 37.9. The zero-order valence-electron chi connectivity index (χ0n) is 13.0. The Hall–Kier alpha value is -1.96. The van der Waals surface area contributed by atoms with E-state index in [0.717, 1.165) is 13.5 Å². The Morgan fingerprint density at radius 1 is 1.04 bits per heavy atom. The van der Waals surface area contributed by atoms with Crippen molar-refractivity contribution in [2.24, 2.45) is 0 Å². The van der Waals surface area contributed by atoms with Gasteiger partial charge in [0.05, 0.1) is 13.7 Å². The van der Waals surface area contributed by atoms with Gasteiger partial charge in [0.25, 0.3) is 12.4 Å². The third-order valence-corrected chi connectivity index (χ3v) is 0.948. The van der Waals surface area contributed by atoms with Crippen LogP contribution in [0.15, 0.2) is 0 Å². The highest BCUT2D eigenvalue weighted by molar-refractivity contribution is 5.77. The second kappa shape index (κ2) is 49.7. The maximum atomic E-state index is 9.98. The number of carbonyl (C=O) groups excluding carboxylic acids is 3. The summed E-state index contributed by atoms with van der Waals surface area (Å²) in [5, 5.41) is 12.7. The predicted molar refractivity (Wildman–Crippen MR) is 102 cm³/mol. The number of ether oxygens (including phenoxy) is 1. The van der Waals surface area contributed by atoms with Crippen molar-refractivity contribution in [2.75, 3.05) is 27.2 Å². The van der Waals surface area contributed by atoms with Crippen LogP contribution in [0, 0.1) is 0 Å². The summed E-state index contributed by atoms with van der Waals surface area (Å²) in [5.41, 5.74) is 0. The zero-order chi connectivity index (χ0) is 17.0. The lowest BCUT2D eigenvalue weighted by atomic mass is 10.5. The minimum Gasteiger partial charge on any atom is -0.481 e. The number of amides is 1. The number of aliphatic carboxylic acids is 1. The molecule has 0 spiro atoms. The van der Waals surface area contributed by atoms with Gasteiger partial charge in [0.15, 0.2) is 0 Å². The molecule has 24 heavy (non-hydrogen) atoms. The molecule has 0 unspecified atom stereocenters. The molecule has 0 radical (unpaired) electrons. The average molecular weight is 359 g/mol. The van der Waals surface area contributed by atoms with Gasteiger partial charge in [-0.05, 0) is 20.9 Å². The summed E-state index contributed by atoms with van der Waals surface area (Å²) in [5.74, 6) is -0.616. The lowest BCUT2D eigenvalue weighted by Gasteiger charge is -1.88. The van der Waals surface area contributed by atoms with Crippen LogP contribution in [0.1, 0.15) is 57.4 Å². The van der Waals surface area contributed by atoms with Crippen LogP contribution in [-0.4, -0.2) is 56.5 Å². The first-order valence-electron chi connectivity index (χ1n) is 5.73. The Bertz CT molecular complexity index is 239. The number of carboxylic acids is 1. The Balaban J connectivity index is -0.0000000228. The van der Waals surface area contributed by atoms with Gasteiger partial charge in [-0.25, -0.2) is 0 Å². The molecular formula is C16H42N2O6. The lowest BCUT2D eigenvalue weighted by molar-refractivity contribution is -0.134. The van der Waals surface area contributed by atoms with E-state index in [1.54, 1.807) is 14.0 Å². The number of hydrogen-bond donors (Lipinski definition) is 3. The van der Waals surface area contributed by atoms with Crippen molar-refractivity contribution in [3.05, 3.63) is 0 Å². The Labute approximate surface area is 149 Å². The summed E-state index contributed by atoms with van der Waals surface area (Å²) in [6.07, 6.45) is 0. The predicted octanol–water partition coefficient (Wildman–Crippen LogP) is 2.36. The third kappa shape index (κ3) is 286. The van der Waals surface area contributed by atoms with Gasteiger partial charge in [0.2, 0.25) is 5.91 Å². The molecule has 0 saturated carbocycles. The summed E-state index contributed by atoms with van der Waals surface area (Å²) in [6.45, 7) is 7.62. The van der Waals surface area contributed by atoms with Crippen LogP contribution in [0.5, 0.6) is 0 Å². The molecule has 3 N–H and O–H groups in total. The molecule has 0 aromatic heterocycles. The summed E-state index contributed by atoms with van der Waals surface area (Å²) in [6, 6.07) is 0. The van der Waals surface area contributed by atoms with Crippen molar-refractivity contribution in [2.45, 2.75) is 57.4 Å². The monoisotopic (exact) mass is 358 g/mol. The highest BCUT2D eigenvalue weighted by Gasteiger charge is 1.82. The molecule has 0 aliphatic carbocycles. The van der Waals surface area contributed by atoms with E-state index in [0.29, 0.717) is 13.0 Å². The smallest absolute Gasteiger partial charge is 0.300 e. The standard InChI is InChI=1S/2C4H9NO.2C2H4O2.4CH4/c1-4(6)3-5-2;1-3-5-4(2)6;1-4-2-3;1-2(3)4;;;;/h5H,3H2,1-2H3;3H2,1-2H3,(H,5,6);2H,1H3;1H3,(H,3,4);4*1H4. The van der Waals surface area contributed by atoms with Crippen LogP contribution in [0.3, 0.4) is 0 Å². The molecule has 1 amide bonds. The van der Waals surface area contributed by atoms with Gasteiger partial charge in [-0.3, -0.25) is 19.2 Å². The maximum absolute atomic E-state index is 9.98. The molecule has 0 saturated heterocycles. The minimum absolute atomic E-state index is 0. The van der Waals surface area contributed by atoms with Gasteiger partial charge < -0.3 is 20.5 Å². The van der Waals surface area contributed by atoms with E-state index in [2.05, 4.69) is 15.4 Å². The van der Waals surface area contributed by atoms with Crippen LogP contribution in [0.2, 0.25) is 0 Å². The first-order valence-corrected chi connectivity index (χ1v) is 5.73. The van der Waals surface area contributed by atoms with Crippen molar-refractivity contribution in [1.82, 2.24) is 10.6 Å². The van der Waals surface area contributed by atoms with Gasteiger partial charge in [0.1, 0.15) is 5.78 Å². The highest BCUT2D eigenvalue weighted by Crippen LogP contribution is 1.57. The summed E-state index contributed by atoms with van der Waals surface area (Å²) >= 11 is 0. The van der Waals surface area contributed by atoms with E-state index >= 15 is 0 Å². The number of rotatable bonds is 4. The molecular weight excluding hydrogens is 316 g/mol. The van der Waals surface area contributed by atoms with Crippen molar-refractivity contribution < 1.29 is 29.0 Å². The zero-order valence-corrected chi connectivity index (χ0v) is 13.0. The van der Waals surface area contributed by atoms with Gasteiger partial charge in [-0.1, -0.05) is 29.7 Å². The number of hydrogen-bond acceptors (Lipinski definition) is 6. The van der Waals surface area contributed by atoms with Gasteiger partial charge in [-0.2, -0.15) is 0 Å². The van der Waals surface area contributed by atoms with E-state index in [9.17, 15) is 9.59 Å². The molecule has 152 valence electrons. The van der Waals surface area contributed by atoms with Gasteiger partial charge in [0, 0.05) is 20.4 Å². The van der Waals surface area contributed by atoms with Gasteiger partial charge in [-0.15, -0.1) is 0 Å². The molecule has 0 aliphatic heterocycles. The number of nitrogens with one attached hydrogen (secondary N) is 2. The van der Waals surface area contributed by atoms with Crippen LogP contribution in [-0.2, 0) is 23.9 Å². The van der Waals surface area contributed by atoms with Crippen molar-refractivity contribution >= 4 is 24.1 Å². The van der Waals surface area contributed by atoms with E-state index in [-0.39, 0.29) is 41.4 Å². The quantitative estimate of drug-likeness (QED) is 0.659. The number of likely N-dealkylation sites (N-methyl/N-ethyl adjacent to an activating group) is 1. The number of carbonyl (C=O) groups is 4. The molecule has 0 fully saturated rings. The van der Waals surface area contributed by atoms with Gasteiger partial charge >= 0.3 is 0 Å². The fourth-order valence-electron chi connectivity index (χ4n) is 0.498. The molecule has 8 nitrogen and oxygen atoms in total. The van der Waals surface area contributed by atoms with Crippen molar-refractivity contribution in [1.29, 1.82) is 0 Å². The first-order chi connectivity index (χ1) is 9.19. The number of methoxy groups -OCH3 is 1. The lowest BCUT2D eigenvalue weighted by Crippen LogP contribution is -2.18. The van der Waals surface area contributed by atoms with E-state index in [1.165, 1.54) is 14.0 Å². The molecule has 0 rings (SSSR count). The Morgan fingerprint density at radius 2 is 1.33 bits per heavy atom. The number of carboxylic acid groups (broad SMARTS) is 1. The van der Waals surface area contributed by atoms with Crippen molar-refractivity contribution in [3.8, 4) is 0 Å². The highest BCUT2D eigenvalue weighted by atomic mass is 16.5. The molecule has 0 aromatic carbocycles. The SMILES string of the molecule is C.C.C.C.CC(=O)O.CCNC(C)=O.CNCC(C)=O.COC=O. The summed E-state index contributed by atoms with van der Waals surface area (Å²) in [7, 11) is 3.06. The van der Waals surface area contributed by atoms with E-state index in [4.69, 9.17) is 14.7 Å². The Morgan fingerprint density at radius 3 is 1.33 bits per heavy atom. The second-order valence-electron chi connectivity index (χ2n) is 3.17. The summed E-state index contributed by atoms with van der Waals surface area (Å²) < 4.78 is 3.86. The molecule has 8 heteroatoms. The molecule has 0 heterocycles. The van der Waals surface area contributed by atoms with Crippen LogP contribution in [0.4, 0.5) is 0 Å². The largest absolute Gasteiger partial charge is 0.481 e. The number of ketones is 1. The van der Waals surface area contributed by atoms with E-state index in [1.807, 2.05) is 6.92 Å². The van der Waals surface area contributed by atoms with Crippen LogP contribution in [0.25, 0.3) is 0 Å². The topological polar surface area (TPSA) is 122 Å². The maximum Gasteiger partial charge on any atom is 0.300 e. The van der Waals surface area contributed by atoms with E-state index < -0.39 is 5.97 Å². The third-order valence-electron chi connectivity index (χ3n) is 0.948. The molecule has 0 bridgehead atoms. The molecule has 0 aromatic rings. The molecule has 0 atom stereocenters. The van der Waals surface area contributed by atoms with Crippen LogP contribution < -0.4 is 10.6 Å². The molecule has 0 aliphatic rings. The number of Topliss-reactive ketones (excluding diaryl/α,β-unsaturated/α-hetero) is 1. The fraction of sp³-hybridized carbons (Fsp3) is 0.750. The second-order valence-corrected chi connectivity index (χ2v) is 3.17. The van der Waals surface area contributed by atoms with Crippen molar-refractivity contribution in [3.63, 3.8) is 0 Å². The average Bonchev–Trinajstić information content (AvgIpc) is 2.29.